The van der Waals surface area contributed by atoms with E-state index in [0.29, 0.717) is 48.9 Å². The molecular weight excluding hydrogens is 434 g/mol. The Morgan fingerprint density at radius 2 is 1.18 bits per heavy atom. The second kappa shape index (κ2) is 8.76. The number of nitriles is 2. The van der Waals surface area contributed by atoms with E-state index in [1.807, 2.05) is 40.3 Å². The van der Waals surface area contributed by atoms with Crippen molar-refractivity contribution in [1.82, 2.24) is 0 Å². The molecule has 1 fully saturated rings. The number of benzene rings is 3. The minimum Gasteiger partial charge on any atom is -0.352 e. The quantitative estimate of drug-likeness (QED) is 0.567. The van der Waals surface area contributed by atoms with Gasteiger partial charge in [0.05, 0.1) is 48.0 Å². The molecule has 5 rings (SSSR count). The van der Waals surface area contributed by atoms with Gasteiger partial charge in [0.1, 0.15) is 11.6 Å². The minimum atomic E-state index is -0.629. The zero-order valence-corrected chi connectivity index (χ0v) is 18.2. The van der Waals surface area contributed by atoms with Crippen molar-refractivity contribution in [2.75, 3.05) is 46.0 Å². The van der Waals surface area contributed by atoms with Gasteiger partial charge in [-0.3, -0.25) is 0 Å². The molecule has 3 aromatic rings. The molecule has 0 aliphatic carbocycles. The monoisotopic (exact) mass is 454 g/mol. The number of halogens is 2. The highest BCUT2D eigenvalue weighted by molar-refractivity contribution is 5.67. The average molecular weight is 454 g/mol. The lowest BCUT2D eigenvalue weighted by Crippen LogP contribution is -2.27. The summed E-state index contributed by atoms with van der Waals surface area (Å²) in [5, 5.41) is 18.0. The van der Waals surface area contributed by atoms with Gasteiger partial charge in [-0.2, -0.15) is 10.5 Å². The first kappa shape index (κ1) is 21.3. The number of rotatable bonds is 4. The summed E-state index contributed by atoms with van der Waals surface area (Å²) in [5.41, 5.74) is 3.61. The van der Waals surface area contributed by atoms with Crippen LogP contribution in [0.2, 0.25) is 0 Å². The van der Waals surface area contributed by atoms with Crippen LogP contribution in [0.3, 0.4) is 0 Å². The molecule has 3 aromatic carbocycles. The largest absolute Gasteiger partial charge is 0.352 e. The molecule has 0 unspecified atom stereocenters. The summed E-state index contributed by atoms with van der Waals surface area (Å²) in [5.74, 6) is -1.23. The Morgan fingerprint density at radius 1 is 0.618 bits per heavy atom. The maximum Gasteiger partial charge on any atom is 0.149 e. The molecule has 1 saturated heterocycles. The molecule has 0 atom stereocenters. The van der Waals surface area contributed by atoms with Crippen LogP contribution in [0.5, 0.6) is 0 Å². The van der Waals surface area contributed by atoms with Crippen molar-refractivity contribution in [3.8, 4) is 12.1 Å². The second-order valence-corrected chi connectivity index (χ2v) is 8.12. The van der Waals surface area contributed by atoms with E-state index >= 15 is 0 Å². The fourth-order valence-electron chi connectivity index (χ4n) is 4.20. The number of nitrogens with zero attached hydrogens (tertiary/aromatic N) is 6. The first-order valence-corrected chi connectivity index (χ1v) is 10.8. The predicted molar refractivity (Wildman–Crippen MR) is 127 cm³/mol. The second-order valence-electron chi connectivity index (χ2n) is 8.12. The lowest BCUT2D eigenvalue weighted by atomic mass is 10.2. The Labute approximate surface area is 196 Å². The van der Waals surface area contributed by atoms with Gasteiger partial charge in [-0.15, -0.1) is 0 Å². The maximum absolute atomic E-state index is 14.8. The van der Waals surface area contributed by atoms with Crippen LogP contribution in [0.1, 0.15) is 11.1 Å². The van der Waals surface area contributed by atoms with E-state index in [0.717, 1.165) is 17.4 Å². The summed E-state index contributed by atoms with van der Waals surface area (Å²) >= 11 is 0. The van der Waals surface area contributed by atoms with E-state index in [1.54, 1.807) is 41.4 Å². The fraction of sp³-hybridized carbons (Fsp3) is 0.154. The molecule has 0 spiro atoms. The Kier molecular flexibility index (Phi) is 5.49. The molecule has 0 saturated carbocycles. The van der Waals surface area contributed by atoms with Gasteiger partial charge in [0.25, 0.3) is 0 Å². The number of hydrogen-bond donors (Lipinski definition) is 0. The summed E-state index contributed by atoms with van der Waals surface area (Å²) in [6.07, 6.45) is 3.58. The standard InChI is InChI=1S/C26H20F2N6/c27-23-13-24(28)26(34-12-10-32(18-34)22-7-3-20(16-30)4-8-22)14-25(23)33-11-9-31(17-33)21-5-1-19(15-29)2-6-21/h1-9,11,13-14H,10,12,17-18H2. The van der Waals surface area contributed by atoms with Crippen molar-refractivity contribution in [3.63, 3.8) is 0 Å². The van der Waals surface area contributed by atoms with Crippen LogP contribution >= 0.6 is 0 Å². The SMILES string of the molecule is N#Cc1ccc(N2C=CN(c3cc(N4CCN(c5ccc(C#N)cc5)C4)c(F)cc3F)C2)cc1. The molecule has 0 amide bonds. The molecule has 2 heterocycles. The number of hydrogen-bond acceptors (Lipinski definition) is 6. The average Bonchev–Trinajstić information content (AvgIpc) is 3.55. The third-order valence-electron chi connectivity index (χ3n) is 6.07. The van der Waals surface area contributed by atoms with Crippen molar-refractivity contribution >= 4 is 22.7 Å². The third kappa shape index (κ3) is 3.98. The van der Waals surface area contributed by atoms with Crippen LogP contribution in [0.15, 0.2) is 73.1 Å². The molecule has 0 bridgehead atoms. The van der Waals surface area contributed by atoms with Crippen molar-refractivity contribution < 1.29 is 8.78 Å². The van der Waals surface area contributed by atoms with Crippen LogP contribution in [0, 0.1) is 34.3 Å². The van der Waals surface area contributed by atoms with Gasteiger partial charge in [0.15, 0.2) is 0 Å². The fourth-order valence-corrected chi connectivity index (χ4v) is 4.20. The topological polar surface area (TPSA) is 60.5 Å². The lowest BCUT2D eigenvalue weighted by molar-refractivity contribution is 0.580. The van der Waals surface area contributed by atoms with Gasteiger partial charge in [-0.25, -0.2) is 8.78 Å². The molecule has 0 N–H and O–H groups in total. The van der Waals surface area contributed by atoms with Gasteiger partial charge < -0.3 is 19.6 Å². The molecule has 2 aliphatic rings. The normalized spacial score (nSPS) is 15.1. The minimum absolute atomic E-state index is 0.292. The van der Waals surface area contributed by atoms with Gasteiger partial charge in [0, 0.05) is 42.9 Å². The Balaban J connectivity index is 1.34. The Bertz CT molecular complexity index is 1320. The van der Waals surface area contributed by atoms with E-state index < -0.39 is 11.6 Å². The zero-order valence-electron chi connectivity index (χ0n) is 18.2. The summed E-state index contributed by atoms with van der Waals surface area (Å²) < 4.78 is 29.6. The van der Waals surface area contributed by atoms with E-state index in [9.17, 15) is 8.78 Å². The van der Waals surface area contributed by atoms with Gasteiger partial charge in [-0.05, 0) is 54.6 Å². The van der Waals surface area contributed by atoms with Crippen LogP contribution in [0.4, 0.5) is 31.5 Å². The van der Waals surface area contributed by atoms with E-state index in [-0.39, 0.29) is 0 Å². The highest BCUT2D eigenvalue weighted by Crippen LogP contribution is 2.33. The van der Waals surface area contributed by atoms with Crippen LogP contribution in [-0.4, -0.2) is 26.4 Å². The van der Waals surface area contributed by atoms with Crippen molar-refractivity contribution in [1.29, 1.82) is 10.5 Å². The maximum atomic E-state index is 14.8. The van der Waals surface area contributed by atoms with Gasteiger partial charge >= 0.3 is 0 Å². The first-order chi connectivity index (χ1) is 16.6. The Morgan fingerprint density at radius 3 is 1.82 bits per heavy atom. The van der Waals surface area contributed by atoms with Crippen LogP contribution in [0.25, 0.3) is 0 Å². The lowest BCUT2D eigenvalue weighted by Gasteiger charge is -2.25. The van der Waals surface area contributed by atoms with Crippen molar-refractivity contribution in [3.05, 3.63) is 95.8 Å². The summed E-state index contributed by atoms with van der Waals surface area (Å²) in [7, 11) is 0. The molecule has 0 aromatic heterocycles. The number of anilines is 4. The molecular formula is C26H20F2N6. The van der Waals surface area contributed by atoms with Crippen molar-refractivity contribution in [2.45, 2.75) is 0 Å². The zero-order chi connectivity index (χ0) is 23.7. The van der Waals surface area contributed by atoms with E-state index in [4.69, 9.17) is 10.5 Å². The molecule has 168 valence electrons. The third-order valence-corrected chi connectivity index (χ3v) is 6.07. The smallest absolute Gasteiger partial charge is 0.149 e. The van der Waals surface area contributed by atoms with E-state index in [1.165, 1.54) is 0 Å². The molecule has 34 heavy (non-hydrogen) atoms. The summed E-state index contributed by atoms with van der Waals surface area (Å²) in [4.78, 5) is 7.62. The highest BCUT2D eigenvalue weighted by atomic mass is 19.1. The molecule has 0 radical (unpaired) electrons. The van der Waals surface area contributed by atoms with Crippen LogP contribution < -0.4 is 19.6 Å². The van der Waals surface area contributed by atoms with E-state index in [2.05, 4.69) is 17.0 Å². The van der Waals surface area contributed by atoms with Crippen molar-refractivity contribution in [2.24, 2.45) is 0 Å². The molecule has 2 aliphatic heterocycles. The first-order valence-electron chi connectivity index (χ1n) is 10.8. The summed E-state index contributed by atoms with van der Waals surface area (Å²) in [6.45, 7) is 2.11. The summed E-state index contributed by atoms with van der Waals surface area (Å²) in [6, 6.07) is 21.1. The molecule has 8 heteroatoms. The predicted octanol–water partition coefficient (Wildman–Crippen LogP) is 4.75. The van der Waals surface area contributed by atoms with Crippen LogP contribution in [-0.2, 0) is 0 Å². The molecule has 6 nitrogen and oxygen atoms in total. The van der Waals surface area contributed by atoms with Gasteiger partial charge in [0.2, 0.25) is 0 Å². The van der Waals surface area contributed by atoms with Gasteiger partial charge in [-0.1, -0.05) is 0 Å². The highest BCUT2D eigenvalue weighted by Gasteiger charge is 2.26. The Hall–Kier alpha value is -4.56.